The highest BCUT2D eigenvalue weighted by Gasteiger charge is 2.23. The molecule has 4 rings (SSSR count). The van der Waals surface area contributed by atoms with Crippen LogP contribution in [0.25, 0.3) is 16.8 Å². The third kappa shape index (κ3) is 4.93. The summed E-state index contributed by atoms with van der Waals surface area (Å²) in [6.07, 6.45) is 1.61. The highest BCUT2D eigenvalue weighted by molar-refractivity contribution is 8.18. The van der Waals surface area contributed by atoms with Crippen molar-refractivity contribution in [1.82, 2.24) is 5.32 Å². The fourth-order valence-electron chi connectivity index (χ4n) is 3.16. The quantitative estimate of drug-likeness (QED) is 0.486. The average molecular weight is 471 g/mol. The van der Waals surface area contributed by atoms with Gasteiger partial charge >= 0.3 is 0 Å². The Bertz CT molecular complexity index is 1270. The van der Waals surface area contributed by atoms with Crippen LogP contribution < -0.4 is 10.1 Å². The lowest BCUT2D eigenvalue weighted by atomic mass is 10.1. The fourth-order valence-corrected chi connectivity index (χ4v) is 4.58. The van der Waals surface area contributed by atoms with Crippen LogP contribution in [0.1, 0.15) is 18.1 Å². The van der Waals surface area contributed by atoms with Gasteiger partial charge in [0, 0.05) is 17.5 Å². The first-order valence-corrected chi connectivity index (χ1v) is 10.9. The molecule has 0 radical (unpaired) electrons. The molecule has 2 amide bonds. The number of rotatable bonds is 4. The highest BCUT2D eigenvalue weighted by Crippen LogP contribution is 2.37. The van der Waals surface area contributed by atoms with Crippen molar-refractivity contribution in [3.8, 4) is 5.75 Å². The second kappa shape index (κ2) is 9.14. The lowest BCUT2D eigenvalue weighted by Gasteiger charge is -2.14. The van der Waals surface area contributed by atoms with Gasteiger partial charge < -0.3 is 10.1 Å². The van der Waals surface area contributed by atoms with Gasteiger partial charge in [-0.15, -0.1) is 0 Å². The van der Waals surface area contributed by atoms with Crippen molar-refractivity contribution in [2.45, 2.75) is 13.5 Å². The van der Waals surface area contributed by atoms with Crippen LogP contribution in [0.15, 0.2) is 64.5 Å². The van der Waals surface area contributed by atoms with Gasteiger partial charge in [0.1, 0.15) is 12.4 Å². The number of aliphatic imine (C=N–C) groups is 1. The lowest BCUT2D eigenvalue weighted by Crippen LogP contribution is -2.23. The molecule has 31 heavy (non-hydrogen) atoms. The summed E-state index contributed by atoms with van der Waals surface area (Å²) in [5.74, 6) is -0.345. The molecule has 0 saturated heterocycles. The Hall–Kier alpha value is -2.80. The Balaban J connectivity index is 1.64. The maximum absolute atomic E-state index is 12.2. The standard InChI is InChI=1S/C23H16Cl2N2O3S/c1-13(28)26-23-27-22(29)20(31-23)10-16-9-17(24)11-19(25)21(16)30-12-15-7-4-6-14-5-2-3-8-18(14)15/h2-11H,12H2,1H3,(H,26,27,28,29)/b20-10+. The predicted octanol–water partition coefficient (Wildman–Crippen LogP) is 5.83. The van der Waals surface area contributed by atoms with Crippen molar-refractivity contribution in [3.05, 3.63) is 80.7 Å². The molecule has 3 aromatic rings. The second-order valence-corrected chi connectivity index (χ2v) is 8.62. The Labute approximate surface area is 193 Å². The minimum absolute atomic E-state index is 0.232. The number of fused-ring (bicyclic) bond motifs is 1. The topological polar surface area (TPSA) is 67.8 Å². The molecule has 0 atom stereocenters. The molecule has 0 fully saturated rings. The number of amides is 2. The SMILES string of the molecule is CC(=O)NC1=NC(=O)/C(=C\c2cc(Cl)cc(Cl)c2OCc2cccc3ccccc23)S1. The molecule has 0 aromatic heterocycles. The van der Waals surface area contributed by atoms with E-state index in [0.717, 1.165) is 28.1 Å². The van der Waals surface area contributed by atoms with Crippen LogP contribution in [0.2, 0.25) is 10.0 Å². The van der Waals surface area contributed by atoms with E-state index in [1.165, 1.54) is 6.92 Å². The summed E-state index contributed by atoms with van der Waals surface area (Å²) in [4.78, 5) is 27.7. The van der Waals surface area contributed by atoms with Crippen molar-refractivity contribution in [1.29, 1.82) is 0 Å². The molecule has 0 spiro atoms. The van der Waals surface area contributed by atoms with Gasteiger partial charge in [-0.05, 0) is 46.3 Å². The zero-order chi connectivity index (χ0) is 22.0. The molecule has 1 N–H and O–H groups in total. The minimum atomic E-state index is -0.454. The number of carbonyl (C=O) groups excluding carboxylic acids is 2. The van der Waals surface area contributed by atoms with Crippen molar-refractivity contribution >= 4 is 68.8 Å². The number of nitrogens with one attached hydrogen (secondary N) is 1. The fraction of sp³-hybridized carbons (Fsp3) is 0.0870. The van der Waals surface area contributed by atoms with Crippen LogP contribution in [0.5, 0.6) is 5.75 Å². The summed E-state index contributed by atoms with van der Waals surface area (Å²) in [5, 5.41) is 5.69. The highest BCUT2D eigenvalue weighted by atomic mass is 35.5. The monoisotopic (exact) mass is 470 g/mol. The van der Waals surface area contributed by atoms with E-state index in [0.29, 0.717) is 26.3 Å². The number of ether oxygens (including phenoxy) is 1. The largest absolute Gasteiger partial charge is 0.487 e. The number of benzene rings is 3. The molecular formula is C23H16Cl2N2O3S. The second-order valence-electron chi connectivity index (χ2n) is 6.75. The summed E-state index contributed by atoms with van der Waals surface area (Å²) in [6.45, 7) is 1.64. The van der Waals surface area contributed by atoms with E-state index >= 15 is 0 Å². The van der Waals surface area contributed by atoms with Crippen molar-refractivity contribution in [2.75, 3.05) is 0 Å². The third-order valence-corrected chi connectivity index (χ3v) is 5.88. The summed E-state index contributed by atoms with van der Waals surface area (Å²) >= 11 is 13.7. The zero-order valence-electron chi connectivity index (χ0n) is 16.3. The first-order chi connectivity index (χ1) is 14.9. The Morgan fingerprint density at radius 2 is 1.94 bits per heavy atom. The smallest absolute Gasteiger partial charge is 0.286 e. The number of carbonyl (C=O) groups is 2. The lowest BCUT2D eigenvalue weighted by molar-refractivity contribution is -0.117. The summed E-state index contributed by atoms with van der Waals surface area (Å²) in [6, 6.07) is 17.3. The summed E-state index contributed by atoms with van der Waals surface area (Å²) in [5.41, 5.74) is 1.55. The van der Waals surface area contributed by atoms with Crippen LogP contribution in [-0.2, 0) is 16.2 Å². The van der Waals surface area contributed by atoms with E-state index in [1.807, 2.05) is 42.5 Å². The summed E-state index contributed by atoms with van der Waals surface area (Å²) in [7, 11) is 0. The van der Waals surface area contributed by atoms with Gasteiger partial charge in [0.15, 0.2) is 5.17 Å². The van der Waals surface area contributed by atoms with E-state index in [4.69, 9.17) is 27.9 Å². The minimum Gasteiger partial charge on any atom is -0.487 e. The average Bonchev–Trinajstić information content (AvgIpc) is 3.05. The molecule has 3 aromatic carbocycles. The molecule has 8 heteroatoms. The van der Waals surface area contributed by atoms with Gasteiger partial charge in [-0.2, -0.15) is 4.99 Å². The van der Waals surface area contributed by atoms with Crippen LogP contribution in [0.3, 0.4) is 0 Å². The molecule has 5 nitrogen and oxygen atoms in total. The van der Waals surface area contributed by atoms with Crippen LogP contribution in [0, 0.1) is 0 Å². The first kappa shape index (κ1) is 21.4. The van der Waals surface area contributed by atoms with Gasteiger partial charge in [0.25, 0.3) is 5.91 Å². The predicted molar refractivity (Wildman–Crippen MR) is 127 cm³/mol. The van der Waals surface area contributed by atoms with Crippen LogP contribution in [0.4, 0.5) is 0 Å². The van der Waals surface area contributed by atoms with Crippen molar-refractivity contribution in [2.24, 2.45) is 4.99 Å². The number of thioether (sulfide) groups is 1. The molecule has 1 aliphatic rings. The van der Waals surface area contributed by atoms with Crippen molar-refractivity contribution < 1.29 is 14.3 Å². The Morgan fingerprint density at radius 3 is 2.74 bits per heavy atom. The number of hydrogen-bond donors (Lipinski definition) is 1. The summed E-state index contributed by atoms with van der Waals surface area (Å²) < 4.78 is 6.09. The van der Waals surface area contributed by atoms with Crippen molar-refractivity contribution in [3.63, 3.8) is 0 Å². The van der Waals surface area contributed by atoms with E-state index in [-0.39, 0.29) is 17.7 Å². The maximum Gasteiger partial charge on any atom is 0.286 e. The number of hydrogen-bond acceptors (Lipinski definition) is 4. The molecule has 1 aliphatic heterocycles. The molecule has 1 heterocycles. The molecule has 0 bridgehead atoms. The van der Waals surface area contributed by atoms with Gasteiger partial charge in [-0.1, -0.05) is 65.7 Å². The van der Waals surface area contributed by atoms with Crippen LogP contribution in [-0.4, -0.2) is 17.0 Å². The number of nitrogens with zero attached hydrogens (tertiary/aromatic N) is 1. The molecule has 0 aliphatic carbocycles. The molecule has 0 saturated carbocycles. The van der Waals surface area contributed by atoms with Gasteiger partial charge in [0.2, 0.25) is 5.91 Å². The molecular weight excluding hydrogens is 455 g/mol. The van der Waals surface area contributed by atoms with Gasteiger partial charge in [-0.25, -0.2) is 0 Å². The maximum atomic E-state index is 12.2. The zero-order valence-corrected chi connectivity index (χ0v) is 18.6. The Kier molecular flexibility index (Phi) is 6.32. The number of halogens is 2. The number of amidine groups is 1. The molecule has 156 valence electrons. The normalized spacial score (nSPS) is 14.7. The first-order valence-electron chi connectivity index (χ1n) is 9.29. The van der Waals surface area contributed by atoms with E-state index in [9.17, 15) is 9.59 Å². The van der Waals surface area contributed by atoms with E-state index < -0.39 is 5.91 Å². The van der Waals surface area contributed by atoms with Gasteiger partial charge in [0.05, 0.1) is 9.93 Å². The van der Waals surface area contributed by atoms with E-state index in [2.05, 4.69) is 10.3 Å². The van der Waals surface area contributed by atoms with Gasteiger partial charge in [-0.3, -0.25) is 9.59 Å². The van der Waals surface area contributed by atoms with Crippen LogP contribution >= 0.6 is 35.0 Å². The molecule has 0 unspecified atom stereocenters. The van der Waals surface area contributed by atoms with E-state index in [1.54, 1.807) is 18.2 Å². The third-order valence-electron chi connectivity index (χ3n) is 4.48. The Morgan fingerprint density at radius 1 is 1.16 bits per heavy atom.